The van der Waals surface area contributed by atoms with Crippen LogP contribution in [0, 0.1) is 0 Å². The zero-order chi connectivity index (χ0) is 35.2. The lowest BCUT2D eigenvalue weighted by atomic mass is 10.0. The number of esters is 3. The van der Waals surface area contributed by atoms with E-state index in [1.165, 1.54) is 128 Å². The minimum Gasteiger partial charge on any atom is -0.462 e. The standard InChI is InChI=1S/C42H80O6/c1-4-7-10-13-15-16-17-18-19-20-21-22-23-24-25-26-27-30-32-35-41(44)47-38-39(37-46-40(43)34-31-28-12-9-6-3)48-42(45)36-33-29-14-11-8-5-2/h39H,4-38H2,1-3H3. The Morgan fingerprint density at radius 2 is 0.562 bits per heavy atom. The number of hydrogen-bond donors (Lipinski definition) is 0. The lowest BCUT2D eigenvalue weighted by molar-refractivity contribution is -0.167. The Hall–Kier alpha value is -1.59. The molecule has 0 amide bonds. The molecule has 0 saturated heterocycles. The third kappa shape index (κ3) is 35.7. The lowest BCUT2D eigenvalue weighted by Crippen LogP contribution is -2.30. The van der Waals surface area contributed by atoms with Crippen molar-refractivity contribution in [1.82, 2.24) is 0 Å². The number of ether oxygens (including phenoxy) is 3. The highest BCUT2D eigenvalue weighted by Crippen LogP contribution is 2.15. The summed E-state index contributed by atoms with van der Waals surface area (Å²) in [6, 6.07) is 0. The molecule has 284 valence electrons. The summed E-state index contributed by atoms with van der Waals surface area (Å²) in [5.74, 6) is -0.883. The number of rotatable bonds is 38. The van der Waals surface area contributed by atoms with Gasteiger partial charge in [0.15, 0.2) is 6.10 Å². The number of unbranched alkanes of at least 4 members (excludes halogenated alkanes) is 27. The van der Waals surface area contributed by atoms with Crippen molar-refractivity contribution in [3.8, 4) is 0 Å². The molecular formula is C42H80O6. The summed E-state index contributed by atoms with van der Waals surface area (Å²) < 4.78 is 16.5. The van der Waals surface area contributed by atoms with Crippen LogP contribution in [0.4, 0.5) is 0 Å². The molecule has 0 saturated carbocycles. The van der Waals surface area contributed by atoms with Crippen molar-refractivity contribution in [2.75, 3.05) is 13.2 Å². The Bertz CT molecular complexity index is 708. The zero-order valence-corrected chi connectivity index (χ0v) is 32.3. The first-order valence-electron chi connectivity index (χ1n) is 21.0. The van der Waals surface area contributed by atoms with Crippen molar-refractivity contribution in [3.05, 3.63) is 0 Å². The molecular weight excluding hydrogens is 600 g/mol. The minimum atomic E-state index is -0.754. The quantitative estimate of drug-likeness (QED) is 0.0367. The molecule has 0 heterocycles. The first kappa shape index (κ1) is 46.4. The summed E-state index contributed by atoms with van der Waals surface area (Å²) >= 11 is 0. The number of hydrogen-bond acceptors (Lipinski definition) is 6. The average Bonchev–Trinajstić information content (AvgIpc) is 3.08. The molecule has 0 aliphatic heterocycles. The van der Waals surface area contributed by atoms with Gasteiger partial charge in [-0.15, -0.1) is 0 Å². The van der Waals surface area contributed by atoms with E-state index in [2.05, 4.69) is 20.8 Å². The summed E-state index contributed by atoms with van der Waals surface area (Å²) in [5.41, 5.74) is 0. The van der Waals surface area contributed by atoms with Gasteiger partial charge in [0, 0.05) is 19.3 Å². The minimum absolute atomic E-state index is 0.0655. The summed E-state index contributed by atoms with van der Waals surface area (Å²) in [7, 11) is 0. The van der Waals surface area contributed by atoms with Gasteiger partial charge in [-0.25, -0.2) is 0 Å². The van der Waals surface area contributed by atoms with Crippen molar-refractivity contribution in [1.29, 1.82) is 0 Å². The van der Waals surface area contributed by atoms with Crippen LogP contribution in [0.5, 0.6) is 0 Å². The molecule has 0 aromatic heterocycles. The summed E-state index contributed by atoms with van der Waals surface area (Å²) in [6.07, 6.45) is 37.2. The van der Waals surface area contributed by atoms with E-state index in [1.54, 1.807) is 0 Å². The van der Waals surface area contributed by atoms with Gasteiger partial charge in [-0.1, -0.05) is 194 Å². The second-order valence-electron chi connectivity index (χ2n) is 14.3. The van der Waals surface area contributed by atoms with Gasteiger partial charge in [0.1, 0.15) is 13.2 Å². The van der Waals surface area contributed by atoms with E-state index in [0.29, 0.717) is 19.3 Å². The zero-order valence-electron chi connectivity index (χ0n) is 32.3. The van der Waals surface area contributed by atoms with Crippen molar-refractivity contribution >= 4 is 17.9 Å². The first-order valence-corrected chi connectivity index (χ1v) is 21.0. The monoisotopic (exact) mass is 681 g/mol. The van der Waals surface area contributed by atoms with E-state index in [1.807, 2.05) is 0 Å². The number of carbonyl (C=O) groups excluding carboxylic acids is 3. The average molecular weight is 681 g/mol. The molecule has 0 bridgehead atoms. The highest BCUT2D eigenvalue weighted by Gasteiger charge is 2.19. The van der Waals surface area contributed by atoms with Gasteiger partial charge in [-0.2, -0.15) is 0 Å². The first-order chi connectivity index (χ1) is 23.5. The molecule has 0 N–H and O–H groups in total. The Kier molecular flexibility index (Phi) is 36.9. The fourth-order valence-electron chi connectivity index (χ4n) is 6.15. The van der Waals surface area contributed by atoms with Gasteiger partial charge >= 0.3 is 17.9 Å². The van der Waals surface area contributed by atoms with Crippen LogP contribution in [-0.2, 0) is 28.6 Å². The normalized spacial score (nSPS) is 11.8. The molecule has 0 aromatic rings. The molecule has 0 aliphatic carbocycles. The van der Waals surface area contributed by atoms with Crippen LogP contribution in [0.2, 0.25) is 0 Å². The molecule has 0 radical (unpaired) electrons. The molecule has 0 aliphatic rings. The van der Waals surface area contributed by atoms with E-state index in [0.717, 1.165) is 64.2 Å². The van der Waals surface area contributed by atoms with Gasteiger partial charge in [0.2, 0.25) is 0 Å². The van der Waals surface area contributed by atoms with E-state index in [4.69, 9.17) is 14.2 Å². The SMILES string of the molecule is CCCCCCCCCCCCCCCCCCCCCC(=O)OCC(COC(=O)CCCCCCC)OC(=O)CCCCCCCC. The van der Waals surface area contributed by atoms with Crippen LogP contribution in [0.3, 0.4) is 0 Å². The molecule has 1 atom stereocenters. The van der Waals surface area contributed by atoms with Crippen LogP contribution < -0.4 is 0 Å². The summed E-state index contributed by atoms with van der Waals surface area (Å²) in [5, 5.41) is 0. The van der Waals surface area contributed by atoms with Crippen molar-refractivity contribution in [2.45, 2.75) is 239 Å². The van der Waals surface area contributed by atoms with Crippen molar-refractivity contribution in [3.63, 3.8) is 0 Å². The Morgan fingerprint density at radius 1 is 0.333 bits per heavy atom. The molecule has 0 aromatic carbocycles. The fourth-order valence-corrected chi connectivity index (χ4v) is 6.15. The topological polar surface area (TPSA) is 78.9 Å². The molecule has 0 rings (SSSR count). The van der Waals surface area contributed by atoms with E-state index in [9.17, 15) is 14.4 Å². The summed E-state index contributed by atoms with van der Waals surface area (Å²) in [4.78, 5) is 37.1. The van der Waals surface area contributed by atoms with Gasteiger partial charge in [-0.3, -0.25) is 14.4 Å². The van der Waals surface area contributed by atoms with Crippen molar-refractivity contribution in [2.24, 2.45) is 0 Å². The lowest BCUT2D eigenvalue weighted by Gasteiger charge is -2.18. The maximum atomic E-state index is 12.5. The fraction of sp³-hybridized carbons (Fsp3) is 0.929. The Labute approximate surface area is 298 Å². The van der Waals surface area contributed by atoms with Crippen LogP contribution in [0.1, 0.15) is 233 Å². The third-order valence-corrected chi connectivity index (χ3v) is 9.36. The second kappa shape index (κ2) is 38.2. The maximum Gasteiger partial charge on any atom is 0.306 e. The molecule has 0 fully saturated rings. The highest BCUT2D eigenvalue weighted by atomic mass is 16.6. The van der Waals surface area contributed by atoms with Gasteiger partial charge in [0.05, 0.1) is 0 Å². The van der Waals surface area contributed by atoms with E-state index >= 15 is 0 Å². The Balaban J connectivity index is 4.00. The maximum absolute atomic E-state index is 12.5. The van der Waals surface area contributed by atoms with Crippen LogP contribution in [-0.4, -0.2) is 37.2 Å². The highest BCUT2D eigenvalue weighted by molar-refractivity contribution is 5.71. The van der Waals surface area contributed by atoms with Crippen LogP contribution >= 0.6 is 0 Å². The second-order valence-corrected chi connectivity index (χ2v) is 14.3. The molecule has 6 nitrogen and oxygen atoms in total. The number of carbonyl (C=O) groups is 3. The smallest absolute Gasteiger partial charge is 0.306 e. The van der Waals surface area contributed by atoms with Crippen LogP contribution in [0.15, 0.2) is 0 Å². The largest absolute Gasteiger partial charge is 0.462 e. The van der Waals surface area contributed by atoms with E-state index in [-0.39, 0.29) is 31.1 Å². The predicted octanol–water partition coefficient (Wildman–Crippen LogP) is 12.9. The Morgan fingerprint density at radius 3 is 0.833 bits per heavy atom. The van der Waals surface area contributed by atoms with Gasteiger partial charge < -0.3 is 14.2 Å². The molecule has 0 spiro atoms. The van der Waals surface area contributed by atoms with Crippen molar-refractivity contribution < 1.29 is 28.6 Å². The van der Waals surface area contributed by atoms with Gasteiger partial charge in [-0.05, 0) is 19.3 Å². The summed E-state index contributed by atoms with van der Waals surface area (Å²) in [6.45, 7) is 6.50. The predicted molar refractivity (Wildman–Crippen MR) is 201 cm³/mol. The molecule has 6 heteroatoms. The third-order valence-electron chi connectivity index (χ3n) is 9.36. The molecule has 48 heavy (non-hydrogen) atoms. The molecule has 1 unspecified atom stereocenters. The van der Waals surface area contributed by atoms with Gasteiger partial charge in [0.25, 0.3) is 0 Å². The van der Waals surface area contributed by atoms with E-state index < -0.39 is 6.10 Å². The van der Waals surface area contributed by atoms with Crippen LogP contribution in [0.25, 0.3) is 0 Å².